The quantitative estimate of drug-likeness (QED) is 0.691. The van der Waals surface area contributed by atoms with Crippen molar-refractivity contribution < 1.29 is 4.79 Å². The van der Waals surface area contributed by atoms with Gasteiger partial charge in [-0.25, -0.2) is 0 Å². The molecule has 1 atom stereocenters. The highest BCUT2D eigenvalue weighted by molar-refractivity contribution is 9.10. The van der Waals surface area contributed by atoms with Crippen LogP contribution < -0.4 is 5.32 Å². The summed E-state index contributed by atoms with van der Waals surface area (Å²) in [5, 5.41) is 3.13. The lowest BCUT2D eigenvalue weighted by atomic mass is 9.96. The number of benzene rings is 2. The van der Waals surface area contributed by atoms with Crippen molar-refractivity contribution in [3.05, 3.63) is 58.6 Å². The standard InChI is InChI=1S/C20H23BrN2OS/c1-25-19-7-3-2-6-18(19)22-20(24)16-5-4-12-23(14-16)13-15-8-10-17(21)11-9-15/h2-3,6-11,16H,4-5,12-14H2,1H3,(H,22,24). The molecule has 3 nitrogen and oxygen atoms in total. The molecular weight excluding hydrogens is 396 g/mol. The Morgan fingerprint density at radius 3 is 2.76 bits per heavy atom. The van der Waals surface area contributed by atoms with Gasteiger partial charge >= 0.3 is 0 Å². The second-order valence-corrected chi connectivity index (χ2v) is 8.15. The van der Waals surface area contributed by atoms with Crippen molar-refractivity contribution in [2.24, 2.45) is 5.92 Å². The third kappa shape index (κ3) is 5.09. The van der Waals surface area contributed by atoms with E-state index in [4.69, 9.17) is 0 Å². The van der Waals surface area contributed by atoms with Crippen LogP contribution in [0.15, 0.2) is 57.9 Å². The van der Waals surface area contributed by atoms with Gasteiger partial charge in [-0.05, 0) is 55.5 Å². The topological polar surface area (TPSA) is 32.3 Å². The summed E-state index contributed by atoms with van der Waals surface area (Å²) in [6, 6.07) is 16.4. The average molecular weight is 419 g/mol. The molecule has 0 spiro atoms. The molecule has 1 fully saturated rings. The molecule has 25 heavy (non-hydrogen) atoms. The maximum absolute atomic E-state index is 12.7. The van der Waals surface area contributed by atoms with E-state index < -0.39 is 0 Å². The van der Waals surface area contributed by atoms with Gasteiger partial charge in [0, 0.05) is 22.5 Å². The number of hydrogen-bond acceptors (Lipinski definition) is 3. The van der Waals surface area contributed by atoms with Crippen molar-refractivity contribution in [3.63, 3.8) is 0 Å². The summed E-state index contributed by atoms with van der Waals surface area (Å²) in [7, 11) is 0. The highest BCUT2D eigenvalue weighted by Gasteiger charge is 2.26. The summed E-state index contributed by atoms with van der Waals surface area (Å²) >= 11 is 5.13. The highest BCUT2D eigenvalue weighted by atomic mass is 79.9. The Labute approximate surface area is 162 Å². The maximum Gasteiger partial charge on any atom is 0.228 e. The largest absolute Gasteiger partial charge is 0.325 e. The number of halogens is 1. The molecule has 1 heterocycles. The summed E-state index contributed by atoms with van der Waals surface area (Å²) in [6.45, 7) is 2.78. The fraction of sp³-hybridized carbons (Fsp3) is 0.350. The number of nitrogens with one attached hydrogen (secondary N) is 1. The second kappa shape index (κ2) is 8.88. The highest BCUT2D eigenvalue weighted by Crippen LogP contribution is 2.26. The third-order valence-electron chi connectivity index (χ3n) is 4.56. The van der Waals surface area contributed by atoms with Crippen molar-refractivity contribution in [1.82, 2.24) is 4.90 Å². The second-order valence-electron chi connectivity index (χ2n) is 6.39. The van der Waals surface area contributed by atoms with Crippen molar-refractivity contribution in [3.8, 4) is 0 Å². The lowest BCUT2D eigenvalue weighted by molar-refractivity contribution is -0.121. The van der Waals surface area contributed by atoms with E-state index in [1.54, 1.807) is 11.8 Å². The molecule has 1 aliphatic heterocycles. The Morgan fingerprint density at radius 2 is 2.00 bits per heavy atom. The smallest absolute Gasteiger partial charge is 0.228 e. The summed E-state index contributed by atoms with van der Waals surface area (Å²) in [5.74, 6) is 0.195. The summed E-state index contributed by atoms with van der Waals surface area (Å²) in [5.41, 5.74) is 2.21. The van der Waals surface area contributed by atoms with Crippen LogP contribution in [0.25, 0.3) is 0 Å². The fourth-order valence-corrected chi connectivity index (χ4v) is 4.06. The summed E-state index contributed by atoms with van der Waals surface area (Å²) < 4.78 is 1.10. The first-order valence-electron chi connectivity index (χ1n) is 8.56. The van der Waals surface area contributed by atoms with Crippen molar-refractivity contribution in [2.75, 3.05) is 24.7 Å². The van der Waals surface area contributed by atoms with Gasteiger partial charge in [0.1, 0.15) is 0 Å². The Morgan fingerprint density at radius 1 is 1.24 bits per heavy atom. The minimum absolute atomic E-state index is 0.0547. The summed E-state index contributed by atoms with van der Waals surface area (Å²) in [6.07, 6.45) is 4.06. The first-order chi connectivity index (χ1) is 12.2. The number of amides is 1. The average Bonchev–Trinajstić information content (AvgIpc) is 2.64. The third-order valence-corrected chi connectivity index (χ3v) is 5.89. The number of likely N-dealkylation sites (tertiary alicyclic amines) is 1. The lowest BCUT2D eigenvalue weighted by Crippen LogP contribution is -2.40. The SMILES string of the molecule is CSc1ccccc1NC(=O)C1CCCN(Cc2ccc(Br)cc2)C1. The molecule has 0 radical (unpaired) electrons. The molecule has 1 aliphatic rings. The van der Waals surface area contributed by atoms with Gasteiger partial charge < -0.3 is 5.32 Å². The molecule has 0 bridgehead atoms. The van der Waals surface area contributed by atoms with Crippen LogP contribution in [0.3, 0.4) is 0 Å². The Bertz CT molecular complexity index is 720. The molecule has 5 heteroatoms. The van der Waals surface area contributed by atoms with E-state index in [0.717, 1.165) is 47.5 Å². The molecule has 2 aromatic rings. The molecule has 132 valence electrons. The molecule has 1 amide bonds. The van der Waals surface area contributed by atoms with Gasteiger partial charge in [-0.1, -0.05) is 40.2 Å². The van der Waals surface area contributed by atoms with E-state index in [1.165, 1.54) is 5.56 Å². The maximum atomic E-state index is 12.7. The molecule has 0 aliphatic carbocycles. The van der Waals surface area contributed by atoms with E-state index in [1.807, 2.05) is 30.5 Å². The number of thioether (sulfide) groups is 1. The molecular formula is C20H23BrN2OS. The first-order valence-corrected chi connectivity index (χ1v) is 10.6. The normalized spacial score (nSPS) is 18.1. The number of rotatable bonds is 5. The van der Waals surface area contributed by atoms with Crippen LogP contribution in [0, 0.1) is 5.92 Å². The number of anilines is 1. The Kier molecular flexibility index (Phi) is 6.57. The van der Waals surface area contributed by atoms with Gasteiger partial charge in [0.2, 0.25) is 5.91 Å². The van der Waals surface area contributed by atoms with E-state index in [0.29, 0.717) is 0 Å². The predicted molar refractivity (Wildman–Crippen MR) is 109 cm³/mol. The summed E-state index contributed by atoms with van der Waals surface area (Å²) in [4.78, 5) is 16.2. The number of para-hydroxylation sites is 1. The van der Waals surface area contributed by atoms with Gasteiger partial charge in [-0.3, -0.25) is 9.69 Å². The minimum Gasteiger partial charge on any atom is -0.325 e. The number of carbonyl (C=O) groups is 1. The molecule has 1 unspecified atom stereocenters. The number of piperidine rings is 1. The van der Waals surface area contributed by atoms with Crippen LogP contribution in [-0.4, -0.2) is 30.2 Å². The van der Waals surface area contributed by atoms with Crippen LogP contribution >= 0.6 is 27.7 Å². The number of hydrogen-bond donors (Lipinski definition) is 1. The zero-order valence-electron chi connectivity index (χ0n) is 14.4. The van der Waals surface area contributed by atoms with E-state index in [2.05, 4.69) is 50.4 Å². The van der Waals surface area contributed by atoms with E-state index >= 15 is 0 Å². The fourth-order valence-electron chi connectivity index (χ4n) is 3.24. The van der Waals surface area contributed by atoms with Crippen LogP contribution in [-0.2, 0) is 11.3 Å². The molecule has 0 aromatic heterocycles. The molecule has 1 saturated heterocycles. The number of nitrogens with zero attached hydrogens (tertiary/aromatic N) is 1. The molecule has 2 aromatic carbocycles. The molecule has 0 saturated carbocycles. The minimum atomic E-state index is 0.0547. The molecule has 3 rings (SSSR count). The lowest BCUT2D eigenvalue weighted by Gasteiger charge is -2.32. The zero-order chi connectivity index (χ0) is 17.6. The van der Waals surface area contributed by atoms with Crippen LogP contribution in [0.5, 0.6) is 0 Å². The van der Waals surface area contributed by atoms with E-state index in [9.17, 15) is 4.79 Å². The van der Waals surface area contributed by atoms with Gasteiger partial charge in [-0.2, -0.15) is 0 Å². The van der Waals surface area contributed by atoms with E-state index in [-0.39, 0.29) is 11.8 Å². The Hall–Kier alpha value is -1.30. The van der Waals surface area contributed by atoms with Gasteiger partial charge in [-0.15, -0.1) is 11.8 Å². The van der Waals surface area contributed by atoms with Crippen LogP contribution in [0.1, 0.15) is 18.4 Å². The van der Waals surface area contributed by atoms with Gasteiger partial charge in [0.25, 0.3) is 0 Å². The van der Waals surface area contributed by atoms with Gasteiger partial charge in [0.15, 0.2) is 0 Å². The van der Waals surface area contributed by atoms with Crippen molar-refractivity contribution in [2.45, 2.75) is 24.3 Å². The number of carbonyl (C=O) groups excluding carboxylic acids is 1. The van der Waals surface area contributed by atoms with Crippen LogP contribution in [0.4, 0.5) is 5.69 Å². The Balaban J connectivity index is 1.60. The van der Waals surface area contributed by atoms with Crippen LogP contribution in [0.2, 0.25) is 0 Å². The van der Waals surface area contributed by atoms with Crippen molar-refractivity contribution in [1.29, 1.82) is 0 Å². The first kappa shape index (κ1) is 18.5. The van der Waals surface area contributed by atoms with Gasteiger partial charge in [0.05, 0.1) is 11.6 Å². The monoisotopic (exact) mass is 418 g/mol. The van der Waals surface area contributed by atoms with Crippen molar-refractivity contribution >= 4 is 39.3 Å². The molecule has 1 N–H and O–H groups in total. The predicted octanol–water partition coefficient (Wildman–Crippen LogP) is 5.02. The zero-order valence-corrected chi connectivity index (χ0v) is 16.8.